The van der Waals surface area contributed by atoms with Crippen molar-refractivity contribution in [1.82, 2.24) is 14.8 Å². The van der Waals surface area contributed by atoms with Gasteiger partial charge < -0.3 is 5.32 Å². The van der Waals surface area contributed by atoms with Gasteiger partial charge in [0.25, 0.3) is 0 Å². The van der Waals surface area contributed by atoms with Crippen LogP contribution < -0.4 is 5.32 Å². The van der Waals surface area contributed by atoms with Crippen molar-refractivity contribution < 1.29 is 0 Å². The molecule has 2 heterocycles. The third-order valence-electron chi connectivity index (χ3n) is 3.03. The molecule has 16 heavy (non-hydrogen) atoms. The van der Waals surface area contributed by atoms with Gasteiger partial charge in [0.1, 0.15) is 12.2 Å². The van der Waals surface area contributed by atoms with Crippen LogP contribution in [0.5, 0.6) is 0 Å². The number of nitrogens with one attached hydrogen (secondary N) is 1. The highest BCUT2D eigenvalue weighted by atomic mass is 15.3. The molecule has 1 aliphatic rings. The number of nitrogens with zero attached hydrogens (tertiary/aromatic N) is 3. The Morgan fingerprint density at radius 3 is 3.12 bits per heavy atom. The van der Waals surface area contributed by atoms with Gasteiger partial charge >= 0.3 is 0 Å². The Balaban J connectivity index is 2.06. The van der Waals surface area contributed by atoms with Crippen molar-refractivity contribution in [2.45, 2.75) is 19.8 Å². The molecule has 0 atom stereocenters. The third kappa shape index (κ3) is 1.46. The lowest BCUT2D eigenvalue weighted by Gasteiger charge is -2.18. The molecule has 3 rings (SSSR count). The maximum Gasteiger partial charge on any atom is 0.134 e. The molecule has 2 aromatic rings. The summed E-state index contributed by atoms with van der Waals surface area (Å²) in [5, 5.41) is 11.3. The van der Waals surface area contributed by atoms with Crippen LogP contribution in [0.25, 0.3) is 5.69 Å². The first-order chi connectivity index (χ1) is 7.84. The van der Waals surface area contributed by atoms with E-state index in [2.05, 4.69) is 33.7 Å². The van der Waals surface area contributed by atoms with Gasteiger partial charge in [0.05, 0.1) is 5.69 Å². The summed E-state index contributed by atoms with van der Waals surface area (Å²) < 4.78 is 2.00. The average Bonchev–Trinajstić information content (AvgIpc) is 2.75. The van der Waals surface area contributed by atoms with Crippen LogP contribution in [0, 0.1) is 6.92 Å². The molecule has 0 radical (unpaired) electrons. The molecule has 0 saturated heterocycles. The second kappa shape index (κ2) is 3.63. The highest BCUT2D eigenvalue weighted by Gasteiger charge is 2.10. The van der Waals surface area contributed by atoms with Crippen LogP contribution in [0.4, 0.5) is 5.69 Å². The number of rotatable bonds is 1. The van der Waals surface area contributed by atoms with Crippen molar-refractivity contribution >= 4 is 5.69 Å². The second-order valence-electron chi connectivity index (χ2n) is 4.12. The number of benzene rings is 1. The molecule has 1 N–H and O–H groups in total. The normalized spacial score (nSPS) is 14.3. The lowest BCUT2D eigenvalue weighted by atomic mass is 10.0. The van der Waals surface area contributed by atoms with Crippen LogP contribution in [0.3, 0.4) is 0 Å². The average molecular weight is 214 g/mol. The van der Waals surface area contributed by atoms with Crippen molar-refractivity contribution in [3.8, 4) is 5.69 Å². The predicted molar refractivity (Wildman–Crippen MR) is 62.9 cm³/mol. The van der Waals surface area contributed by atoms with Gasteiger partial charge in [-0.3, -0.25) is 4.57 Å². The van der Waals surface area contributed by atoms with Gasteiger partial charge in [0.15, 0.2) is 0 Å². The summed E-state index contributed by atoms with van der Waals surface area (Å²) in [4.78, 5) is 0. The summed E-state index contributed by atoms with van der Waals surface area (Å²) >= 11 is 0. The quantitative estimate of drug-likeness (QED) is 0.788. The first-order valence-corrected chi connectivity index (χ1v) is 5.58. The van der Waals surface area contributed by atoms with E-state index in [1.54, 1.807) is 6.33 Å². The fourth-order valence-corrected chi connectivity index (χ4v) is 2.14. The molecule has 0 bridgehead atoms. The SMILES string of the molecule is Cc1nncn1-c1ccc2c(c1)NCCC2. The Morgan fingerprint density at radius 1 is 1.38 bits per heavy atom. The smallest absolute Gasteiger partial charge is 0.134 e. The van der Waals surface area contributed by atoms with Gasteiger partial charge in [-0.25, -0.2) is 0 Å². The molecule has 82 valence electrons. The van der Waals surface area contributed by atoms with Crippen LogP contribution in [0.15, 0.2) is 24.5 Å². The van der Waals surface area contributed by atoms with Crippen molar-refractivity contribution in [2.24, 2.45) is 0 Å². The van der Waals surface area contributed by atoms with Crippen LogP contribution in [-0.4, -0.2) is 21.3 Å². The first kappa shape index (κ1) is 9.39. The van der Waals surface area contributed by atoms with Crippen molar-refractivity contribution in [3.05, 3.63) is 35.9 Å². The summed E-state index contributed by atoms with van der Waals surface area (Å²) in [5.74, 6) is 0.913. The third-order valence-corrected chi connectivity index (χ3v) is 3.03. The Kier molecular flexibility index (Phi) is 2.13. The number of aryl methyl sites for hydroxylation is 2. The predicted octanol–water partition coefficient (Wildman–Crippen LogP) is 1.93. The molecule has 1 aromatic carbocycles. The first-order valence-electron chi connectivity index (χ1n) is 5.58. The summed E-state index contributed by atoms with van der Waals surface area (Å²) in [6, 6.07) is 6.49. The summed E-state index contributed by atoms with van der Waals surface area (Å²) in [6.45, 7) is 3.03. The van der Waals surface area contributed by atoms with Crippen LogP contribution in [-0.2, 0) is 6.42 Å². The minimum Gasteiger partial charge on any atom is -0.385 e. The Hall–Kier alpha value is -1.84. The van der Waals surface area contributed by atoms with E-state index in [0.717, 1.165) is 18.1 Å². The van der Waals surface area contributed by atoms with Gasteiger partial charge in [-0.1, -0.05) is 6.07 Å². The Bertz CT molecular complexity index is 515. The zero-order chi connectivity index (χ0) is 11.0. The number of hydrogen-bond acceptors (Lipinski definition) is 3. The van der Waals surface area contributed by atoms with Crippen molar-refractivity contribution in [2.75, 3.05) is 11.9 Å². The monoisotopic (exact) mass is 214 g/mol. The number of fused-ring (bicyclic) bond motifs is 1. The summed E-state index contributed by atoms with van der Waals surface area (Å²) in [5.41, 5.74) is 3.77. The maximum absolute atomic E-state index is 4.00. The highest BCUT2D eigenvalue weighted by Crippen LogP contribution is 2.24. The number of anilines is 1. The summed E-state index contributed by atoms with van der Waals surface area (Å²) in [7, 11) is 0. The van der Waals surface area contributed by atoms with E-state index in [0.29, 0.717) is 0 Å². The van der Waals surface area contributed by atoms with Gasteiger partial charge in [-0.15, -0.1) is 10.2 Å². The van der Waals surface area contributed by atoms with Gasteiger partial charge in [-0.05, 0) is 37.5 Å². The van der Waals surface area contributed by atoms with Crippen LogP contribution in [0.1, 0.15) is 17.8 Å². The van der Waals surface area contributed by atoms with E-state index < -0.39 is 0 Å². The van der Waals surface area contributed by atoms with E-state index in [-0.39, 0.29) is 0 Å². The van der Waals surface area contributed by atoms with Gasteiger partial charge in [0.2, 0.25) is 0 Å². The van der Waals surface area contributed by atoms with E-state index in [1.807, 2.05) is 11.5 Å². The van der Waals surface area contributed by atoms with E-state index in [4.69, 9.17) is 0 Å². The molecule has 4 heteroatoms. The van der Waals surface area contributed by atoms with E-state index in [9.17, 15) is 0 Å². The Labute approximate surface area is 94.3 Å². The molecule has 0 amide bonds. The lowest BCUT2D eigenvalue weighted by molar-refractivity contribution is 0.828. The molecule has 1 aliphatic heterocycles. The molecule has 1 aromatic heterocycles. The second-order valence-corrected chi connectivity index (χ2v) is 4.12. The largest absolute Gasteiger partial charge is 0.385 e. The topological polar surface area (TPSA) is 42.7 Å². The van der Waals surface area contributed by atoms with Crippen LogP contribution >= 0.6 is 0 Å². The molecule has 0 aliphatic carbocycles. The zero-order valence-electron chi connectivity index (χ0n) is 9.27. The van der Waals surface area contributed by atoms with Gasteiger partial charge in [-0.2, -0.15) is 0 Å². The molecule has 4 nitrogen and oxygen atoms in total. The molecular weight excluding hydrogens is 200 g/mol. The fourth-order valence-electron chi connectivity index (χ4n) is 2.14. The zero-order valence-corrected chi connectivity index (χ0v) is 9.27. The number of hydrogen-bond donors (Lipinski definition) is 1. The Morgan fingerprint density at radius 2 is 2.31 bits per heavy atom. The standard InChI is InChI=1S/C12H14N4/c1-9-15-14-8-16(9)11-5-4-10-3-2-6-13-12(10)7-11/h4-5,7-8,13H,2-3,6H2,1H3. The molecular formula is C12H14N4. The van der Waals surface area contributed by atoms with Crippen molar-refractivity contribution in [3.63, 3.8) is 0 Å². The lowest BCUT2D eigenvalue weighted by Crippen LogP contribution is -2.12. The van der Waals surface area contributed by atoms with Gasteiger partial charge in [0, 0.05) is 12.2 Å². The molecule has 0 unspecified atom stereocenters. The van der Waals surface area contributed by atoms with E-state index >= 15 is 0 Å². The molecule has 0 saturated carbocycles. The minimum atomic E-state index is 0.913. The fraction of sp³-hybridized carbons (Fsp3) is 0.333. The summed E-state index contributed by atoms with van der Waals surface area (Å²) in [6.07, 6.45) is 4.14. The van der Waals surface area contributed by atoms with Crippen molar-refractivity contribution in [1.29, 1.82) is 0 Å². The molecule has 0 spiro atoms. The van der Waals surface area contributed by atoms with E-state index in [1.165, 1.54) is 24.1 Å². The highest BCUT2D eigenvalue weighted by molar-refractivity contribution is 5.58. The van der Waals surface area contributed by atoms with Crippen LogP contribution in [0.2, 0.25) is 0 Å². The molecule has 0 fully saturated rings. The minimum absolute atomic E-state index is 0.913. The maximum atomic E-state index is 4.00. The number of aromatic nitrogens is 3.